The number of amides is 1. The Hall–Kier alpha value is -1.85. The summed E-state index contributed by atoms with van der Waals surface area (Å²) in [6.07, 6.45) is 0.177. The van der Waals surface area contributed by atoms with Gasteiger partial charge in [-0.3, -0.25) is 9.59 Å². The van der Waals surface area contributed by atoms with Crippen LogP contribution in [0.5, 0.6) is 0 Å². The second-order valence-electron chi connectivity index (χ2n) is 4.10. The Morgan fingerprint density at radius 1 is 1.53 bits per heavy atom. The second-order valence-corrected chi connectivity index (χ2v) is 4.10. The average molecular weight is 238 g/mol. The van der Waals surface area contributed by atoms with E-state index in [0.29, 0.717) is 23.7 Å². The minimum atomic E-state index is -0.402. The normalized spacial score (nSPS) is 19.8. The Bertz CT molecular complexity index is 447. The first-order valence-corrected chi connectivity index (χ1v) is 5.35. The van der Waals surface area contributed by atoms with Gasteiger partial charge in [0, 0.05) is 13.0 Å². The number of carbonyl (C=O) groups excluding carboxylic acids is 2. The van der Waals surface area contributed by atoms with E-state index in [1.807, 2.05) is 0 Å². The molecule has 0 saturated carbocycles. The predicted octanol–water partition coefficient (Wildman–Crippen LogP) is 0.817. The van der Waals surface area contributed by atoms with Crippen LogP contribution in [0.15, 0.2) is 4.52 Å². The molecule has 1 amide bonds. The van der Waals surface area contributed by atoms with E-state index in [1.165, 1.54) is 7.11 Å². The summed E-state index contributed by atoms with van der Waals surface area (Å²) < 4.78 is 9.67. The Morgan fingerprint density at radius 2 is 2.24 bits per heavy atom. The first-order chi connectivity index (χ1) is 8.04. The highest BCUT2D eigenvalue weighted by Crippen LogP contribution is 2.30. The van der Waals surface area contributed by atoms with Gasteiger partial charge in [-0.15, -0.1) is 0 Å². The molecule has 92 valence electrons. The maximum Gasteiger partial charge on any atom is 0.311 e. The van der Waals surface area contributed by atoms with Crippen LogP contribution in [0.3, 0.4) is 0 Å². The minimum absolute atomic E-state index is 0.102. The topological polar surface area (TPSA) is 72.6 Å². The number of nitrogens with zero attached hydrogens (tertiary/aromatic N) is 2. The van der Waals surface area contributed by atoms with Gasteiger partial charge in [-0.1, -0.05) is 5.16 Å². The number of rotatable bonds is 2. The van der Waals surface area contributed by atoms with E-state index in [-0.39, 0.29) is 18.3 Å². The van der Waals surface area contributed by atoms with Crippen molar-refractivity contribution >= 4 is 17.6 Å². The molecule has 0 N–H and O–H groups in total. The Kier molecular flexibility index (Phi) is 2.87. The molecule has 1 aliphatic rings. The number of methoxy groups -OCH3 is 1. The Morgan fingerprint density at radius 3 is 2.76 bits per heavy atom. The van der Waals surface area contributed by atoms with E-state index in [4.69, 9.17) is 4.52 Å². The number of esters is 1. The molecule has 1 unspecified atom stereocenters. The molecule has 0 aliphatic carbocycles. The molecule has 1 aromatic rings. The van der Waals surface area contributed by atoms with Crippen LogP contribution in [0.2, 0.25) is 0 Å². The van der Waals surface area contributed by atoms with Crippen molar-refractivity contribution < 1.29 is 18.8 Å². The molecule has 0 bridgehead atoms. The zero-order valence-electron chi connectivity index (χ0n) is 10.0. The molecule has 2 rings (SSSR count). The third-order valence-corrected chi connectivity index (χ3v) is 2.93. The molecule has 1 fully saturated rings. The highest BCUT2D eigenvalue weighted by molar-refractivity contribution is 6.00. The molecule has 1 aliphatic heterocycles. The van der Waals surface area contributed by atoms with Gasteiger partial charge in [0.25, 0.3) is 0 Å². The van der Waals surface area contributed by atoms with Crippen LogP contribution >= 0.6 is 0 Å². The van der Waals surface area contributed by atoms with Gasteiger partial charge >= 0.3 is 5.97 Å². The van der Waals surface area contributed by atoms with Crippen molar-refractivity contribution in [3.63, 3.8) is 0 Å². The van der Waals surface area contributed by atoms with Crippen molar-refractivity contribution in [3.8, 4) is 0 Å². The molecule has 6 heteroatoms. The summed E-state index contributed by atoms with van der Waals surface area (Å²) in [4.78, 5) is 24.8. The lowest BCUT2D eigenvalue weighted by Crippen LogP contribution is -2.27. The molecule has 0 radical (unpaired) electrons. The fraction of sp³-hybridized carbons (Fsp3) is 0.545. The van der Waals surface area contributed by atoms with E-state index < -0.39 is 5.92 Å². The van der Waals surface area contributed by atoms with Crippen LogP contribution in [0.4, 0.5) is 5.69 Å². The highest BCUT2D eigenvalue weighted by Gasteiger charge is 2.38. The van der Waals surface area contributed by atoms with E-state index in [2.05, 4.69) is 9.89 Å². The zero-order chi connectivity index (χ0) is 12.6. The minimum Gasteiger partial charge on any atom is -0.469 e. The first kappa shape index (κ1) is 11.6. The fourth-order valence-electron chi connectivity index (χ4n) is 2.11. The summed E-state index contributed by atoms with van der Waals surface area (Å²) in [5.41, 5.74) is 1.32. The maximum atomic E-state index is 11.9. The van der Waals surface area contributed by atoms with E-state index in [1.54, 1.807) is 18.7 Å². The van der Waals surface area contributed by atoms with Crippen LogP contribution in [-0.2, 0) is 14.3 Å². The standard InChI is InChI=1S/C11H14N2O4/c1-6-10(7(2)17-12-6)13-5-8(4-9(13)14)11(15)16-3/h8H,4-5H2,1-3H3. The molecule has 0 aromatic carbocycles. The number of ether oxygens (including phenoxy) is 1. The summed E-state index contributed by atoms with van der Waals surface area (Å²) in [6.45, 7) is 3.84. The van der Waals surface area contributed by atoms with Crippen molar-refractivity contribution in [2.45, 2.75) is 20.3 Å². The van der Waals surface area contributed by atoms with Gasteiger partial charge in [-0.25, -0.2) is 0 Å². The molecule has 1 aromatic heterocycles. The smallest absolute Gasteiger partial charge is 0.311 e. The number of anilines is 1. The lowest BCUT2D eigenvalue weighted by atomic mass is 10.1. The number of aromatic nitrogens is 1. The summed E-state index contributed by atoms with van der Waals surface area (Å²) in [5.74, 6) is -0.273. The third kappa shape index (κ3) is 1.90. The number of carbonyl (C=O) groups is 2. The molecular weight excluding hydrogens is 224 g/mol. The molecule has 0 spiro atoms. The summed E-state index contributed by atoms with van der Waals surface area (Å²) in [7, 11) is 1.32. The van der Waals surface area contributed by atoms with Crippen molar-refractivity contribution in [3.05, 3.63) is 11.5 Å². The van der Waals surface area contributed by atoms with Gasteiger partial charge in [0.05, 0.1) is 13.0 Å². The lowest BCUT2D eigenvalue weighted by molar-refractivity contribution is -0.145. The van der Waals surface area contributed by atoms with E-state index in [0.717, 1.165) is 0 Å². The van der Waals surface area contributed by atoms with E-state index in [9.17, 15) is 9.59 Å². The number of hydrogen-bond acceptors (Lipinski definition) is 5. The van der Waals surface area contributed by atoms with Crippen LogP contribution in [0.1, 0.15) is 17.9 Å². The molecule has 17 heavy (non-hydrogen) atoms. The second kappa shape index (κ2) is 4.20. The maximum absolute atomic E-state index is 11.9. The van der Waals surface area contributed by atoms with Crippen LogP contribution in [0, 0.1) is 19.8 Å². The average Bonchev–Trinajstić information content (AvgIpc) is 2.82. The summed E-state index contributed by atoms with van der Waals surface area (Å²) in [5, 5.41) is 3.80. The quantitative estimate of drug-likeness (QED) is 0.713. The molecule has 1 atom stereocenters. The van der Waals surface area contributed by atoms with Crippen molar-refractivity contribution in [1.29, 1.82) is 0 Å². The molecule has 2 heterocycles. The Balaban J connectivity index is 2.25. The highest BCUT2D eigenvalue weighted by atomic mass is 16.5. The fourth-order valence-corrected chi connectivity index (χ4v) is 2.11. The van der Waals surface area contributed by atoms with E-state index >= 15 is 0 Å². The van der Waals surface area contributed by atoms with Crippen molar-refractivity contribution in [1.82, 2.24) is 5.16 Å². The predicted molar refractivity (Wildman–Crippen MR) is 58.5 cm³/mol. The van der Waals surface area contributed by atoms with Gasteiger partial charge in [0.15, 0.2) is 5.76 Å². The summed E-state index contributed by atoms with van der Waals surface area (Å²) in [6, 6.07) is 0. The van der Waals surface area contributed by atoms with Crippen molar-refractivity contribution in [2.24, 2.45) is 5.92 Å². The SMILES string of the molecule is COC(=O)C1CC(=O)N(c2c(C)noc2C)C1. The van der Waals surface area contributed by atoms with Crippen molar-refractivity contribution in [2.75, 3.05) is 18.6 Å². The molecule has 6 nitrogen and oxygen atoms in total. The lowest BCUT2D eigenvalue weighted by Gasteiger charge is -2.15. The van der Waals surface area contributed by atoms with Gasteiger partial charge in [0.1, 0.15) is 11.4 Å². The zero-order valence-corrected chi connectivity index (χ0v) is 10.0. The summed E-state index contributed by atoms with van der Waals surface area (Å²) >= 11 is 0. The first-order valence-electron chi connectivity index (χ1n) is 5.35. The Labute approximate surface area is 98.5 Å². The largest absolute Gasteiger partial charge is 0.469 e. The molecule has 1 saturated heterocycles. The third-order valence-electron chi connectivity index (χ3n) is 2.93. The van der Waals surface area contributed by atoms with Crippen LogP contribution in [0.25, 0.3) is 0 Å². The number of hydrogen-bond donors (Lipinski definition) is 0. The van der Waals surface area contributed by atoms with Gasteiger partial charge in [-0.2, -0.15) is 0 Å². The van der Waals surface area contributed by atoms with Gasteiger partial charge in [-0.05, 0) is 13.8 Å². The van der Waals surface area contributed by atoms with Gasteiger partial charge in [0.2, 0.25) is 5.91 Å². The monoisotopic (exact) mass is 238 g/mol. The van der Waals surface area contributed by atoms with Gasteiger partial charge < -0.3 is 14.2 Å². The molecular formula is C11H14N2O4. The number of aryl methyl sites for hydroxylation is 2. The van der Waals surface area contributed by atoms with Crippen LogP contribution < -0.4 is 4.90 Å². The van der Waals surface area contributed by atoms with Crippen LogP contribution in [-0.4, -0.2) is 30.7 Å².